The van der Waals surface area contributed by atoms with Gasteiger partial charge in [0.15, 0.2) is 6.61 Å². The molecule has 0 radical (unpaired) electrons. The fourth-order valence-corrected chi connectivity index (χ4v) is 4.67. The van der Waals surface area contributed by atoms with Crippen LogP contribution < -0.4 is 10.1 Å². The van der Waals surface area contributed by atoms with Gasteiger partial charge in [0.1, 0.15) is 17.6 Å². The van der Waals surface area contributed by atoms with Crippen molar-refractivity contribution in [2.75, 3.05) is 13.2 Å². The molecule has 7 heteroatoms. The van der Waals surface area contributed by atoms with Crippen molar-refractivity contribution < 1.29 is 18.7 Å². The van der Waals surface area contributed by atoms with Gasteiger partial charge in [-0.15, -0.1) is 0 Å². The van der Waals surface area contributed by atoms with Gasteiger partial charge in [0.25, 0.3) is 5.91 Å². The highest BCUT2D eigenvalue weighted by Crippen LogP contribution is 2.31. The van der Waals surface area contributed by atoms with Gasteiger partial charge in [0.05, 0.1) is 4.47 Å². The molecule has 0 spiro atoms. The Kier molecular flexibility index (Phi) is 11.1. The molecule has 0 unspecified atom stereocenters. The number of rotatable bonds is 12. The molecular formula is C32H38BrFN2O3. The van der Waals surface area contributed by atoms with Gasteiger partial charge in [-0.2, -0.15) is 0 Å². The smallest absolute Gasteiger partial charge is 0.261 e. The van der Waals surface area contributed by atoms with Crippen LogP contribution in [0.25, 0.3) is 0 Å². The minimum absolute atomic E-state index is 0.0385. The van der Waals surface area contributed by atoms with E-state index in [4.69, 9.17) is 4.74 Å². The highest BCUT2D eigenvalue weighted by molar-refractivity contribution is 9.10. The summed E-state index contributed by atoms with van der Waals surface area (Å²) in [6, 6.07) is 20.8. The van der Waals surface area contributed by atoms with Crippen LogP contribution in [0.1, 0.15) is 57.2 Å². The van der Waals surface area contributed by atoms with E-state index in [9.17, 15) is 14.0 Å². The Morgan fingerprint density at radius 3 is 2.36 bits per heavy atom. The molecule has 3 aromatic carbocycles. The molecule has 1 atom stereocenters. The SMILES string of the molecule is CCCCNC(=O)[C@@H](Cc1ccccc1)N(Cc1ccccc1F)C(=O)COc1ccc(C(C)(C)C)cc1Br. The molecule has 0 aliphatic rings. The molecule has 0 aliphatic carbocycles. The predicted molar refractivity (Wildman–Crippen MR) is 157 cm³/mol. The number of nitrogens with one attached hydrogen (secondary N) is 1. The van der Waals surface area contributed by atoms with Crippen molar-refractivity contribution >= 4 is 27.7 Å². The van der Waals surface area contributed by atoms with Crippen LogP contribution in [0.15, 0.2) is 77.3 Å². The highest BCUT2D eigenvalue weighted by atomic mass is 79.9. The van der Waals surface area contributed by atoms with E-state index < -0.39 is 17.8 Å². The number of unbranched alkanes of at least 4 members (excludes halogenated alkanes) is 1. The first-order valence-electron chi connectivity index (χ1n) is 13.4. The van der Waals surface area contributed by atoms with Gasteiger partial charge >= 0.3 is 0 Å². The molecule has 2 amide bonds. The molecule has 0 aromatic heterocycles. The molecule has 0 saturated heterocycles. The number of hydrogen-bond donors (Lipinski definition) is 1. The quantitative estimate of drug-likeness (QED) is 0.233. The molecular weight excluding hydrogens is 559 g/mol. The fraction of sp³-hybridized carbons (Fsp3) is 0.375. The summed E-state index contributed by atoms with van der Waals surface area (Å²) in [6.45, 7) is 8.57. The maximum Gasteiger partial charge on any atom is 0.261 e. The van der Waals surface area contributed by atoms with Crippen molar-refractivity contribution in [2.45, 2.75) is 65.0 Å². The molecule has 1 N–H and O–H groups in total. The molecule has 0 bridgehead atoms. The van der Waals surface area contributed by atoms with Gasteiger partial charge in [0.2, 0.25) is 5.91 Å². The van der Waals surface area contributed by atoms with E-state index in [1.807, 2.05) is 55.5 Å². The minimum Gasteiger partial charge on any atom is -0.483 e. The van der Waals surface area contributed by atoms with E-state index in [1.165, 1.54) is 11.0 Å². The van der Waals surface area contributed by atoms with E-state index in [2.05, 4.69) is 42.0 Å². The van der Waals surface area contributed by atoms with Crippen molar-refractivity contribution in [3.8, 4) is 5.75 Å². The molecule has 5 nitrogen and oxygen atoms in total. The van der Waals surface area contributed by atoms with Crippen LogP contribution in [0.4, 0.5) is 4.39 Å². The number of benzene rings is 3. The van der Waals surface area contributed by atoms with Crippen LogP contribution >= 0.6 is 15.9 Å². The lowest BCUT2D eigenvalue weighted by Gasteiger charge is -2.31. The van der Waals surface area contributed by atoms with Gasteiger partial charge in [-0.3, -0.25) is 9.59 Å². The van der Waals surface area contributed by atoms with E-state index in [-0.39, 0.29) is 24.5 Å². The summed E-state index contributed by atoms with van der Waals surface area (Å²) < 4.78 is 21.4. The average Bonchev–Trinajstić information content (AvgIpc) is 2.91. The molecule has 0 aliphatic heterocycles. The Morgan fingerprint density at radius 1 is 1.03 bits per heavy atom. The zero-order valence-corrected chi connectivity index (χ0v) is 24.8. The Morgan fingerprint density at radius 2 is 1.72 bits per heavy atom. The van der Waals surface area contributed by atoms with Crippen LogP contribution in [-0.4, -0.2) is 35.9 Å². The number of amides is 2. The maximum absolute atomic E-state index is 14.7. The van der Waals surface area contributed by atoms with Gasteiger partial charge in [-0.1, -0.05) is 88.7 Å². The molecule has 3 aromatic rings. The predicted octanol–water partition coefficient (Wildman–Crippen LogP) is 6.82. The summed E-state index contributed by atoms with van der Waals surface area (Å²) in [5.74, 6) is -0.583. The van der Waals surface area contributed by atoms with Crippen molar-refractivity contribution in [1.29, 1.82) is 0 Å². The van der Waals surface area contributed by atoms with Gasteiger partial charge in [-0.25, -0.2) is 4.39 Å². The average molecular weight is 598 g/mol. The summed E-state index contributed by atoms with van der Waals surface area (Å²) >= 11 is 3.56. The van der Waals surface area contributed by atoms with Crippen molar-refractivity contribution in [3.05, 3.63) is 99.8 Å². The van der Waals surface area contributed by atoms with Crippen molar-refractivity contribution in [2.24, 2.45) is 0 Å². The summed E-state index contributed by atoms with van der Waals surface area (Å²) in [4.78, 5) is 28.6. The van der Waals surface area contributed by atoms with E-state index in [0.29, 0.717) is 24.3 Å². The second kappa shape index (κ2) is 14.3. The molecule has 39 heavy (non-hydrogen) atoms. The normalized spacial score (nSPS) is 12.1. The Balaban J connectivity index is 1.90. The van der Waals surface area contributed by atoms with Crippen LogP contribution in [0, 0.1) is 5.82 Å². The monoisotopic (exact) mass is 596 g/mol. The van der Waals surface area contributed by atoms with Crippen LogP contribution in [0.2, 0.25) is 0 Å². The van der Waals surface area contributed by atoms with E-state index >= 15 is 0 Å². The summed E-state index contributed by atoms with van der Waals surface area (Å²) in [6.07, 6.45) is 2.05. The zero-order chi connectivity index (χ0) is 28.4. The minimum atomic E-state index is -0.841. The van der Waals surface area contributed by atoms with Crippen molar-refractivity contribution in [1.82, 2.24) is 10.2 Å². The van der Waals surface area contributed by atoms with Crippen LogP contribution in [0.5, 0.6) is 5.75 Å². The fourth-order valence-electron chi connectivity index (χ4n) is 4.18. The summed E-state index contributed by atoms with van der Waals surface area (Å²) in [5.41, 5.74) is 2.33. The standard InChI is InChI=1S/C32H38BrFN2O3/c1-5-6-18-35-31(38)28(19-23-12-8-7-9-13-23)36(21-24-14-10-11-15-27(24)34)30(37)22-39-29-17-16-25(20-26(29)33)32(2,3)4/h7-17,20,28H,5-6,18-19,21-22H2,1-4H3,(H,35,38)/t28-/m1/s1. The lowest BCUT2D eigenvalue weighted by atomic mass is 9.87. The topological polar surface area (TPSA) is 58.6 Å². The number of halogens is 2. The van der Waals surface area contributed by atoms with Crippen molar-refractivity contribution in [3.63, 3.8) is 0 Å². The highest BCUT2D eigenvalue weighted by Gasteiger charge is 2.31. The molecule has 208 valence electrons. The summed E-state index contributed by atoms with van der Waals surface area (Å²) in [5, 5.41) is 2.97. The first-order valence-corrected chi connectivity index (χ1v) is 14.2. The van der Waals surface area contributed by atoms with E-state index in [1.54, 1.807) is 18.2 Å². The number of carbonyl (C=O) groups excluding carboxylic acids is 2. The third-order valence-electron chi connectivity index (χ3n) is 6.55. The third-order valence-corrected chi connectivity index (χ3v) is 7.17. The third kappa shape index (κ3) is 8.92. The van der Waals surface area contributed by atoms with Gasteiger partial charge in [0, 0.05) is 25.1 Å². The van der Waals surface area contributed by atoms with Gasteiger partial charge in [-0.05, 0) is 57.1 Å². The Bertz CT molecular complexity index is 1240. The molecule has 3 rings (SSSR count). The number of ether oxygens (including phenoxy) is 1. The molecule has 0 heterocycles. The first-order chi connectivity index (χ1) is 18.6. The second-order valence-corrected chi connectivity index (χ2v) is 11.5. The second-order valence-electron chi connectivity index (χ2n) is 10.6. The molecule has 0 saturated carbocycles. The molecule has 0 fully saturated rings. The lowest BCUT2D eigenvalue weighted by Crippen LogP contribution is -2.52. The Labute approximate surface area is 239 Å². The largest absolute Gasteiger partial charge is 0.483 e. The number of carbonyl (C=O) groups is 2. The zero-order valence-electron chi connectivity index (χ0n) is 23.2. The maximum atomic E-state index is 14.7. The van der Waals surface area contributed by atoms with E-state index in [0.717, 1.165) is 28.4 Å². The lowest BCUT2D eigenvalue weighted by molar-refractivity contribution is -0.142. The number of hydrogen-bond acceptors (Lipinski definition) is 3. The van der Waals surface area contributed by atoms with Crippen LogP contribution in [0.3, 0.4) is 0 Å². The first kappa shape index (κ1) is 30.4. The number of nitrogens with zero attached hydrogens (tertiary/aromatic N) is 1. The summed E-state index contributed by atoms with van der Waals surface area (Å²) in [7, 11) is 0. The Hall–Kier alpha value is -3.19. The van der Waals surface area contributed by atoms with Crippen LogP contribution in [-0.2, 0) is 28.0 Å². The van der Waals surface area contributed by atoms with Gasteiger partial charge < -0.3 is 15.0 Å².